The molecule has 20 heavy (non-hydrogen) atoms. The first-order valence-electron chi connectivity index (χ1n) is 6.45. The van der Waals surface area contributed by atoms with Gasteiger partial charge in [-0.3, -0.25) is 0 Å². The molecule has 0 aliphatic carbocycles. The van der Waals surface area contributed by atoms with Crippen molar-refractivity contribution in [3.63, 3.8) is 0 Å². The Bertz CT molecular complexity index is 627. The summed E-state index contributed by atoms with van der Waals surface area (Å²) in [6.07, 6.45) is -0.133. The summed E-state index contributed by atoms with van der Waals surface area (Å²) >= 11 is 3.43. The van der Waals surface area contributed by atoms with Crippen molar-refractivity contribution in [2.75, 3.05) is 7.11 Å². The van der Waals surface area contributed by atoms with Crippen LogP contribution in [0.4, 0.5) is 0 Å². The van der Waals surface area contributed by atoms with Gasteiger partial charge < -0.3 is 14.6 Å². The van der Waals surface area contributed by atoms with Crippen molar-refractivity contribution >= 4 is 15.9 Å². The predicted octanol–water partition coefficient (Wildman–Crippen LogP) is 4.01. The first-order valence-corrected chi connectivity index (χ1v) is 7.25. The molecule has 0 bridgehead atoms. The number of benzene rings is 2. The summed E-state index contributed by atoms with van der Waals surface area (Å²) in [6.45, 7) is 0. The van der Waals surface area contributed by atoms with Gasteiger partial charge in [-0.15, -0.1) is 0 Å². The zero-order valence-corrected chi connectivity index (χ0v) is 12.6. The maximum atomic E-state index is 10.3. The molecule has 1 heterocycles. The summed E-state index contributed by atoms with van der Waals surface area (Å²) in [5.74, 6) is 1.52. The van der Waals surface area contributed by atoms with Gasteiger partial charge in [0.05, 0.1) is 13.2 Å². The van der Waals surface area contributed by atoms with Crippen molar-refractivity contribution in [2.24, 2.45) is 0 Å². The second-order valence-corrected chi connectivity index (χ2v) is 5.73. The predicted molar refractivity (Wildman–Crippen MR) is 80.1 cm³/mol. The van der Waals surface area contributed by atoms with E-state index in [9.17, 15) is 5.11 Å². The summed E-state index contributed by atoms with van der Waals surface area (Å²) in [4.78, 5) is 0. The summed E-state index contributed by atoms with van der Waals surface area (Å²) in [5, 5.41) is 10.3. The van der Waals surface area contributed by atoms with Crippen molar-refractivity contribution in [2.45, 2.75) is 18.6 Å². The van der Waals surface area contributed by atoms with E-state index in [2.05, 4.69) is 15.9 Å². The van der Waals surface area contributed by atoms with E-state index in [1.165, 1.54) is 0 Å². The van der Waals surface area contributed by atoms with Gasteiger partial charge in [0, 0.05) is 16.5 Å². The highest BCUT2D eigenvalue weighted by Crippen LogP contribution is 2.42. The lowest BCUT2D eigenvalue weighted by molar-refractivity contribution is 0.0656. The zero-order chi connectivity index (χ0) is 14.1. The number of aliphatic hydroxyl groups excluding tert-OH is 1. The van der Waals surface area contributed by atoms with Crippen LogP contribution in [0.15, 0.2) is 46.9 Å². The van der Waals surface area contributed by atoms with Crippen LogP contribution < -0.4 is 9.47 Å². The van der Waals surface area contributed by atoms with Gasteiger partial charge in [-0.1, -0.05) is 34.1 Å². The number of fused-ring (bicyclic) bond motifs is 1. The van der Waals surface area contributed by atoms with Gasteiger partial charge in [0.1, 0.15) is 17.6 Å². The Hall–Kier alpha value is -1.52. The summed E-state index contributed by atoms with van der Waals surface area (Å²) < 4.78 is 12.2. The van der Waals surface area contributed by atoms with E-state index in [0.717, 1.165) is 27.1 Å². The second-order valence-electron chi connectivity index (χ2n) is 4.82. The third kappa shape index (κ3) is 2.53. The minimum Gasteiger partial charge on any atom is -0.497 e. The van der Waals surface area contributed by atoms with Gasteiger partial charge in [-0.2, -0.15) is 0 Å². The second kappa shape index (κ2) is 5.46. The average Bonchev–Trinajstić information content (AvgIpc) is 2.46. The van der Waals surface area contributed by atoms with E-state index in [1.54, 1.807) is 7.11 Å². The molecule has 0 saturated carbocycles. The van der Waals surface area contributed by atoms with Gasteiger partial charge >= 0.3 is 0 Å². The Morgan fingerprint density at radius 3 is 2.90 bits per heavy atom. The number of hydrogen-bond acceptors (Lipinski definition) is 3. The monoisotopic (exact) mass is 334 g/mol. The minimum atomic E-state index is -0.511. The molecule has 2 aromatic rings. The molecule has 0 saturated heterocycles. The molecule has 104 valence electrons. The van der Waals surface area contributed by atoms with Crippen molar-refractivity contribution < 1.29 is 14.6 Å². The van der Waals surface area contributed by atoms with Gasteiger partial charge in [0.15, 0.2) is 0 Å². The topological polar surface area (TPSA) is 38.7 Å². The molecule has 0 spiro atoms. The maximum Gasteiger partial charge on any atom is 0.127 e. The summed E-state index contributed by atoms with van der Waals surface area (Å²) in [6, 6.07) is 13.5. The average molecular weight is 335 g/mol. The standard InChI is InChI=1S/C16H15BrO3/c1-19-12-4-2-3-10(7-12)15-9-14(18)13-6-5-11(17)8-16(13)20-15/h2-8,14-15,18H,9H2,1H3/t14-,15?/m1/s1. The normalized spacial score (nSPS) is 20.9. The van der Waals surface area contributed by atoms with Crippen LogP contribution in [-0.2, 0) is 0 Å². The number of methoxy groups -OCH3 is 1. The molecule has 3 nitrogen and oxygen atoms in total. The smallest absolute Gasteiger partial charge is 0.127 e. The fraction of sp³-hybridized carbons (Fsp3) is 0.250. The number of rotatable bonds is 2. The fourth-order valence-corrected chi connectivity index (χ4v) is 2.80. The van der Waals surface area contributed by atoms with Gasteiger partial charge in [0.25, 0.3) is 0 Å². The fourth-order valence-electron chi connectivity index (χ4n) is 2.46. The Morgan fingerprint density at radius 1 is 1.25 bits per heavy atom. The van der Waals surface area contributed by atoms with Gasteiger partial charge in [-0.25, -0.2) is 0 Å². The van der Waals surface area contributed by atoms with Crippen LogP contribution in [0.1, 0.15) is 29.8 Å². The van der Waals surface area contributed by atoms with E-state index in [0.29, 0.717) is 6.42 Å². The van der Waals surface area contributed by atoms with Crippen LogP contribution in [0.5, 0.6) is 11.5 Å². The first-order chi connectivity index (χ1) is 9.67. The Morgan fingerprint density at radius 2 is 2.10 bits per heavy atom. The zero-order valence-electron chi connectivity index (χ0n) is 11.0. The molecule has 1 aliphatic heterocycles. The van der Waals surface area contributed by atoms with Crippen molar-refractivity contribution in [1.82, 2.24) is 0 Å². The highest BCUT2D eigenvalue weighted by molar-refractivity contribution is 9.10. The first kappa shape index (κ1) is 13.5. The largest absolute Gasteiger partial charge is 0.497 e. The van der Waals surface area contributed by atoms with Crippen molar-refractivity contribution in [3.05, 3.63) is 58.1 Å². The van der Waals surface area contributed by atoms with Crippen LogP contribution in [0.3, 0.4) is 0 Å². The van der Waals surface area contributed by atoms with Gasteiger partial charge in [-0.05, 0) is 29.8 Å². The van der Waals surface area contributed by atoms with Crippen LogP contribution in [0.2, 0.25) is 0 Å². The maximum absolute atomic E-state index is 10.3. The molecule has 0 fully saturated rings. The van der Waals surface area contributed by atoms with E-state index >= 15 is 0 Å². The molecule has 1 N–H and O–H groups in total. The summed E-state index contributed by atoms with van der Waals surface area (Å²) in [5.41, 5.74) is 1.85. The molecular weight excluding hydrogens is 320 g/mol. The quantitative estimate of drug-likeness (QED) is 0.901. The van der Waals surface area contributed by atoms with Crippen LogP contribution in [-0.4, -0.2) is 12.2 Å². The van der Waals surface area contributed by atoms with Crippen LogP contribution >= 0.6 is 15.9 Å². The van der Waals surface area contributed by atoms with E-state index in [4.69, 9.17) is 9.47 Å². The van der Waals surface area contributed by atoms with E-state index in [1.807, 2.05) is 42.5 Å². The molecule has 0 radical (unpaired) electrons. The van der Waals surface area contributed by atoms with E-state index in [-0.39, 0.29) is 6.10 Å². The van der Waals surface area contributed by atoms with Crippen LogP contribution in [0, 0.1) is 0 Å². The molecule has 2 aromatic carbocycles. The molecular formula is C16H15BrO3. The van der Waals surface area contributed by atoms with Gasteiger partial charge in [0.2, 0.25) is 0 Å². The lowest BCUT2D eigenvalue weighted by Crippen LogP contribution is -2.19. The Kier molecular flexibility index (Phi) is 3.68. The van der Waals surface area contributed by atoms with E-state index < -0.39 is 6.10 Å². The van der Waals surface area contributed by atoms with Crippen molar-refractivity contribution in [3.8, 4) is 11.5 Å². The minimum absolute atomic E-state index is 0.165. The molecule has 1 unspecified atom stereocenters. The Balaban J connectivity index is 1.94. The van der Waals surface area contributed by atoms with Crippen molar-refractivity contribution in [1.29, 1.82) is 0 Å². The highest BCUT2D eigenvalue weighted by Gasteiger charge is 2.28. The SMILES string of the molecule is COc1cccc(C2C[C@@H](O)c3ccc(Br)cc3O2)c1. The number of hydrogen-bond donors (Lipinski definition) is 1. The van der Waals surface area contributed by atoms with Crippen LogP contribution in [0.25, 0.3) is 0 Å². The molecule has 3 rings (SSSR count). The third-order valence-corrected chi connectivity index (χ3v) is 4.00. The molecule has 2 atom stereocenters. The Labute approximate surface area is 126 Å². The molecule has 1 aliphatic rings. The number of aliphatic hydroxyl groups is 1. The highest BCUT2D eigenvalue weighted by atomic mass is 79.9. The summed E-state index contributed by atoms with van der Waals surface area (Å²) in [7, 11) is 1.64. The third-order valence-electron chi connectivity index (χ3n) is 3.51. The molecule has 4 heteroatoms. The number of halogens is 1. The lowest BCUT2D eigenvalue weighted by atomic mass is 9.95. The number of ether oxygens (including phenoxy) is 2. The lowest BCUT2D eigenvalue weighted by Gasteiger charge is -2.30. The molecule has 0 amide bonds. The molecule has 0 aromatic heterocycles.